The minimum absolute atomic E-state index is 0.0385. The fraction of sp³-hybridized carbons (Fsp3) is 0.909. The van der Waals surface area contributed by atoms with Crippen LogP contribution in [0.4, 0.5) is 0 Å². The largest absolute Gasteiger partial charge is 0.388 e. The Morgan fingerprint density at radius 2 is 2.19 bits per heavy atom. The van der Waals surface area contributed by atoms with Gasteiger partial charge in [-0.2, -0.15) is 0 Å². The predicted molar refractivity (Wildman–Crippen MR) is 58.7 cm³/mol. The highest BCUT2D eigenvalue weighted by Crippen LogP contribution is 2.25. The van der Waals surface area contributed by atoms with Gasteiger partial charge in [0, 0.05) is 39.1 Å². The molecule has 3 N–H and O–H groups in total. The maximum Gasteiger partial charge on any atom is 0.221 e. The molecule has 2 saturated heterocycles. The summed E-state index contributed by atoms with van der Waals surface area (Å²) >= 11 is 0. The van der Waals surface area contributed by atoms with Crippen LogP contribution in [0.5, 0.6) is 0 Å². The lowest BCUT2D eigenvalue weighted by atomic mass is 9.94. The van der Waals surface area contributed by atoms with Gasteiger partial charge in [0.1, 0.15) is 0 Å². The molecule has 92 valence electrons. The topological polar surface area (TPSA) is 75.8 Å². The zero-order valence-electron chi connectivity index (χ0n) is 9.52. The van der Waals surface area contributed by atoms with Gasteiger partial charge in [-0.05, 0) is 13.0 Å². The highest BCUT2D eigenvalue weighted by Gasteiger charge is 2.35. The van der Waals surface area contributed by atoms with Crippen LogP contribution in [0.2, 0.25) is 0 Å². The first-order valence-corrected chi connectivity index (χ1v) is 5.91. The first-order chi connectivity index (χ1) is 7.59. The van der Waals surface area contributed by atoms with E-state index in [0.717, 1.165) is 13.0 Å². The number of carbonyl (C=O) groups excluding carboxylic acids is 1. The fourth-order valence-corrected chi connectivity index (χ4v) is 2.53. The van der Waals surface area contributed by atoms with Crippen LogP contribution in [0.3, 0.4) is 0 Å². The van der Waals surface area contributed by atoms with E-state index in [4.69, 9.17) is 10.5 Å². The van der Waals surface area contributed by atoms with Crippen molar-refractivity contribution in [1.82, 2.24) is 4.90 Å². The second-order valence-corrected chi connectivity index (χ2v) is 4.96. The van der Waals surface area contributed by atoms with Crippen molar-refractivity contribution in [2.75, 3.05) is 32.8 Å². The summed E-state index contributed by atoms with van der Waals surface area (Å²) in [6, 6.07) is 0. The van der Waals surface area contributed by atoms with Gasteiger partial charge < -0.3 is 15.6 Å². The van der Waals surface area contributed by atoms with Crippen molar-refractivity contribution in [1.29, 1.82) is 0 Å². The quantitative estimate of drug-likeness (QED) is 0.672. The number of amides is 1. The number of β-amino-alcohol motifs (C(OH)–C–C–N with tert-alkyl or cyclic N) is 1. The van der Waals surface area contributed by atoms with Crippen molar-refractivity contribution < 1.29 is 14.6 Å². The van der Waals surface area contributed by atoms with E-state index < -0.39 is 5.60 Å². The van der Waals surface area contributed by atoms with E-state index in [9.17, 15) is 9.90 Å². The third-order valence-electron chi connectivity index (χ3n) is 3.62. The number of carbonyl (C=O) groups is 1. The van der Waals surface area contributed by atoms with Gasteiger partial charge in [-0.1, -0.05) is 0 Å². The Kier molecular flexibility index (Phi) is 3.47. The molecule has 0 spiro atoms. The average Bonchev–Trinajstić information content (AvgIpc) is 2.66. The molecule has 0 saturated carbocycles. The number of ether oxygens (including phenoxy) is 1. The van der Waals surface area contributed by atoms with E-state index in [2.05, 4.69) is 4.90 Å². The third kappa shape index (κ3) is 2.72. The summed E-state index contributed by atoms with van der Waals surface area (Å²) in [7, 11) is 0. The number of likely N-dealkylation sites (tertiary alicyclic amines) is 1. The second kappa shape index (κ2) is 4.69. The number of hydrogen-bond acceptors (Lipinski definition) is 4. The van der Waals surface area contributed by atoms with E-state index >= 15 is 0 Å². The Hall–Kier alpha value is -0.650. The Bertz CT molecular complexity index is 264. The minimum Gasteiger partial charge on any atom is -0.388 e. The SMILES string of the molecule is NC(=O)C1CCN(CC2(O)CCOCC2)C1. The molecule has 0 aromatic heterocycles. The number of nitrogens with two attached hydrogens (primary N) is 1. The highest BCUT2D eigenvalue weighted by atomic mass is 16.5. The molecule has 1 atom stereocenters. The Balaban J connectivity index is 1.84. The van der Waals surface area contributed by atoms with Gasteiger partial charge in [-0.15, -0.1) is 0 Å². The van der Waals surface area contributed by atoms with Crippen LogP contribution in [0.1, 0.15) is 19.3 Å². The van der Waals surface area contributed by atoms with E-state index in [1.807, 2.05) is 0 Å². The lowest BCUT2D eigenvalue weighted by Crippen LogP contribution is -2.46. The molecule has 1 unspecified atom stereocenters. The van der Waals surface area contributed by atoms with E-state index in [1.54, 1.807) is 0 Å². The first kappa shape index (κ1) is 11.8. The molecule has 2 aliphatic heterocycles. The van der Waals surface area contributed by atoms with E-state index in [0.29, 0.717) is 39.1 Å². The van der Waals surface area contributed by atoms with Crippen LogP contribution in [0.15, 0.2) is 0 Å². The summed E-state index contributed by atoms with van der Waals surface area (Å²) in [6.07, 6.45) is 2.19. The van der Waals surface area contributed by atoms with Gasteiger partial charge in [0.05, 0.1) is 11.5 Å². The summed E-state index contributed by atoms with van der Waals surface area (Å²) in [4.78, 5) is 13.2. The van der Waals surface area contributed by atoms with Gasteiger partial charge in [-0.3, -0.25) is 9.69 Å². The molecule has 0 aliphatic carbocycles. The molecule has 5 heteroatoms. The number of rotatable bonds is 3. The Labute approximate surface area is 95.5 Å². The second-order valence-electron chi connectivity index (χ2n) is 4.96. The van der Waals surface area contributed by atoms with Crippen LogP contribution >= 0.6 is 0 Å². The van der Waals surface area contributed by atoms with Gasteiger partial charge >= 0.3 is 0 Å². The number of hydrogen-bond donors (Lipinski definition) is 2. The van der Waals surface area contributed by atoms with Crippen LogP contribution in [0, 0.1) is 5.92 Å². The van der Waals surface area contributed by atoms with Crippen molar-refractivity contribution in [3.05, 3.63) is 0 Å². The van der Waals surface area contributed by atoms with Gasteiger partial charge in [-0.25, -0.2) is 0 Å². The molecule has 0 aromatic rings. The highest BCUT2D eigenvalue weighted by molar-refractivity contribution is 5.77. The zero-order chi connectivity index (χ0) is 11.6. The Morgan fingerprint density at radius 3 is 2.75 bits per heavy atom. The van der Waals surface area contributed by atoms with Crippen LogP contribution < -0.4 is 5.73 Å². The molecule has 0 bridgehead atoms. The molecule has 2 rings (SSSR count). The molecule has 2 aliphatic rings. The van der Waals surface area contributed by atoms with Crippen molar-refractivity contribution in [3.63, 3.8) is 0 Å². The maximum absolute atomic E-state index is 11.0. The molecule has 1 amide bonds. The standard InChI is InChI=1S/C11H20N2O3/c12-10(14)9-1-4-13(7-9)8-11(15)2-5-16-6-3-11/h9,15H,1-8H2,(H2,12,14). The summed E-state index contributed by atoms with van der Waals surface area (Å²) in [5.74, 6) is -0.259. The molecule has 0 radical (unpaired) electrons. The van der Waals surface area contributed by atoms with Crippen molar-refractivity contribution in [2.24, 2.45) is 11.7 Å². The Morgan fingerprint density at radius 1 is 1.50 bits per heavy atom. The fourth-order valence-electron chi connectivity index (χ4n) is 2.53. The van der Waals surface area contributed by atoms with Crippen LogP contribution in [0.25, 0.3) is 0 Å². The molecule has 0 aromatic carbocycles. The van der Waals surface area contributed by atoms with Crippen LogP contribution in [-0.4, -0.2) is 54.4 Å². The van der Waals surface area contributed by atoms with Crippen LogP contribution in [-0.2, 0) is 9.53 Å². The first-order valence-electron chi connectivity index (χ1n) is 5.91. The normalized spacial score (nSPS) is 30.4. The zero-order valence-corrected chi connectivity index (χ0v) is 9.52. The average molecular weight is 228 g/mol. The van der Waals surface area contributed by atoms with Crippen molar-refractivity contribution in [3.8, 4) is 0 Å². The monoisotopic (exact) mass is 228 g/mol. The van der Waals surface area contributed by atoms with E-state index in [1.165, 1.54) is 0 Å². The molecule has 2 fully saturated rings. The summed E-state index contributed by atoms with van der Waals surface area (Å²) < 4.78 is 5.24. The summed E-state index contributed by atoms with van der Waals surface area (Å²) in [6.45, 7) is 3.45. The summed E-state index contributed by atoms with van der Waals surface area (Å²) in [5, 5.41) is 10.3. The van der Waals surface area contributed by atoms with Crippen molar-refractivity contribution in [2.45, 2.75) is 24.9 Å². The lowest BCUT2D eigenvalue weighted by Gasteiger charge is -2.35. The third-order valence-corrected chi connectivity index (χ3v) is 3.62. The summed E-state index contributed by atoms with van der Waals surface area (Å²) in [5.41, 5.74) is 4.64. The predicted octanol–water partition coefficient (Wildman–Crippen LogP) is -0.665. The maximum atomic E-state index is 11.0. The molecular formula is C11H20N2O3. The molecule has 16 heavy (non-hydrogen) atoms. The molecular weight excluding hydrogens is 208 g/mol. The minimum atomic E-state index is -0.634. The molecule has 2 heterocycles. The van der Waals surface area contributed by atoms with Gasteiger partial charge in [0.25, 0.3) is 0 Å². The molecule has 5 nitrogen and oxygen atoms in total. The smallest absolute Gasteiger partial charge is 0.221 e. The van der Waals surface area contributed by atoms with E-state index in [-0.39, 0.29) is 11.8 Å². The number of nitrogens with zero attached hydrogens (tertiary/aromatic N) is 1. The van der Waals surface area contributed by atoms with Gasteiger partial charge in [0.15, 0.2) is 0 Å². The lowest BCUT2D eigenvalue weighted by molar-refractivity contribution is -0.121. The van der Waals surface area contributed by atoms with Crippen molar-refractivity contribution >= 4 is 5.91 Å². The number of aliphatic hydroxyl groups is 1. The number of primary amides is 1. The van der Waals surface area contributed by atoms with Gasteiger partial charge in [0.2, 0.25) is 5.91 Å².